The average molecular weight is 280 g/mol. The van der Waals surface area contributed by atoms with Gasteiger partial charge in [0.1, 0.15) is 5.69 Å². The highest BCUT2D eigenvalue weighted by Gasteiger charge is 2.31. The van der Waals surface area contributed by atoms with Crippen molar-refractivity contribution in [3.05, 3.63) is 29.0 Å². The number of carbonyl (C=O) groups is 1. The first-order valence-electron chi connectivity index (χ1n) is 6.85. The van der Waals surface area contributed by atoms with Gasteiger partial charge in [-0.2, -0.15) is 0 Å². The van der Waals surface area contributed by atoms with Crippen molar-refractivity contribution in [2.75, 3.05) is 26.2 Å². The molecule has 2 saturated heterocycles. The zero-order valence-electron chi connectivity index (χ0n) is 10.8. The third kappa shape index (κ3) is 2.74. The molecule has 1 aromatic rings. The van der Waals surface area contributed by atoms with Crippen molar-refractivity contribution < 1.29 is 4.79 Å². The van der Waals surface area contributed by atoms with E-state index >= 15 is 0 Å². The summed E-state index contributed by atoms with van der Waals surface area (Å²) in [6.07, 6.45) is 3.72. The molecule has 0 radical (unpaired) electrons. The van der Waals surface area contributed by atoms with Crippen LogP contribution >= 0.6 is 11.6 Å². The van der Waals surface area contributed by atoms with E-state index in [1.54, 1.807) is 12.1 Å². The minimum absolute atomic E-state index is 0.0320. The standard InChI is InChI=1S/C14H18ClN3O/c15-12-1-2-13(17-9-12)14(19)18-5-3-10-7-16-8-11(10)4-6-18/h1-2,9-11,16H,3-8H2/t10-,11+. The minimum Gasteiger partial charge on any atom is -0.337 e. The van der Waals surface area contributed by atoms with E-state index in [1.165, 1.54) is 6.20 Å². The highest BCUT2D eigenvalue weighted by molar-refractivity contribution is 6.30. The number of aromatic nitrogens is 1. The summed E-state index contributed by atoms with van der Waals surface area (Å²) < 4.78 is 0. The lowest BCUT2D eigenvalue weighted by atomic mass is 9.92. The van der Waals surface area contributed by atoms with Crippen molar-refractivity contribution >= 4 is 17.5 Å². The van der Waals surface area contributed by atoms with Crippen LogP contribution in [0.15, 0.2) is 18.3 Å². The van der Waals surface area contributed by atoms with Gasteiger partial charge in [-0.3, -0.25) is 4.79 Å². The summed E-state index contributed by atoms with van der Waals surface area (Å²) in [5.41, 5.74) is 0.495. The van der Waals surface area contributed by atoms with Gasteiger partial charge in [-0.25, -0.2) is 4.98 Å². The molecule has 2 aliphatic rings. The second-order valence-corrected chi connectivity index (χ2v) is 5.85. The highest BCUT2D eigenvalue weighted by Crippen LogP contribution is 2.27. The number of nitrogens with one attached hydrogen (secondary N) is 1. The van der Waals surface area contributed by atoms with Crippen molar-refractivity contribution in [2.24, 2.45) is 11.8 Å². The zero-order chi connectivity index (χ0) is 13.2. The van der Waals surface area contributed by atoms with Gasteiger partial charge in [0, 0.05) is 19.3 Å². The molecule has 0 spiro atoms. The molecule has 0 saturated carbocycles. The third-order valence-electron chi connectivity index (χ3n) is 4.25. The molecular formula is C14H18ClN3O. The molecule has 1 amide bonds. The monoisotopic (exact) mass is 279 g/mol. The van der Waals surface area contributed by atoms with Gasteiger partial charge in [0.25, 0.3) is 5.91 Å². The summed E-state index contributed by atoms with van der Waals surface area (Å²) in [4.78, 5) is 18.4. The predicted molar refractivity (Wildman–Crippen MR) is 74.2 cm³/mol. The maximum Gasteiger partial charge on any atom is 0.272 e. The Morgan fingerprint density at radius 1 is 1.26 bits per heavy atom. The van der Waals surface area contributed by atoms with Crippen LogP contribution in [0.3, 0.4) is 0 Å². The van der Waals surface area contributed by atoms with Gasteiger partial charge >= 0.3 is 0 Å². The Labute approximate surface area is 118 Å². The Hall–Kier alpha value is -1.13. The van der Waals surface area contributed by atoms with Crippen molar-refractivity contribution in [3.8, 4) is 0 Å². The Balaban J connectivity index is 1.68. The second-order valence-electron chi connectivity index (χ2n) is 5.41. The number of hydrogen-bond acceptors (Lipinski definition) is 3. The van der Waals surface area contributed by atoms with Crippen LogP contribution in [0.2, 0.25) is 5.02 Å². The maximum absolute atomic E-state index is 12.4. The van der Waals surface area contributed by atoms with Gasteiger partial charge < -0.3 is 10.2 Å². The Bertz CT molecular complexity index is 448. The lowest BCUT2D eigenvalue weighted by molar-refractivity contribution is 0.0752. The largest absolute Gasteiger partial charge is 0.337 e. The smallest absolute Gasteiger partial charge is 0.272 e. The molecule has 19 heavy (non-hydrogen) atoms. The van der Waals surface area contributed by atoms with Gasteiger partial charge in [-0.1, -0.05) is 11.6 Å². The first-order chi connectivity index (χ1) is 9.24. The highest BCUT2D eigenvalue weighted by atomic mass is 35.5. The normalized spacial score (nSPS) is 26.9. The van der Waals surface area contributed by atoms with Crippen LogP contribution in [0.1, 0.15) is 23.3 Å². The number of likely N-dealkylation sites (tertiary alicyclic amines) is 1. The van der Waals surface area contributed by atoms with Gasteiger partial charge in [0.2, 0.25) is 0 Å². The topological polar surface area (TPSA) is 45.2 Å². The summed E-state index contributed by atoms with van der Waals surface area (Å²) in [7, 11) is 0. The quantitative estimate of drug-likeness (QED) is 0.853. The van der Waals surface area contributed by atoms with Crippen LogP contribution in [0.5, 0.6) is 0 Å². The van der Waals surface area contributed by atoms with E-state index in [0.717, 1.165) is 50.9 Å². The van der Waals surface area contributed by atoms with Crippen molar-refractivity contribution in [2.45, 2.75) is 12.8 Å². The van der Waals surface area contributed by atoms with Crippen molar-refractivity contribution in [1.29, 1.82) is 0 Å². The number of carbonyl (C=O) groups excluding carboxylic acids is 1. The summed E-state index contributed by atoms with van der Waals surface area (Å²) in [5.74, 6) is 1.50. The number of amides is 1. The Morgan fingerprint density at radius 3 is 2.53 bits per heavy atom. The lowest BCUT2D eigenvalue weighted by Gasteiger charge is -2.20. The molecule has 5 heteroatoms. The fourth-order valence-corrected chi connectivity index (χ4v) is 3.20. The van der Waals surface area contributed by atoms with Crippen molar-refractivity contribution in [1.82, 2.24) is 15.2 Å². The molecule has 0 aliphatic carbocycles. The first kappa shape index (κ1) is 12.9. The van der Waals surface area contributed by atoms with Crippen LogP contribution in [0.25, 0.3) is 0 Å². The van der Waals surface area contributed by atoms with Gasteiger partial charge in [-0.05, 0) is 49.9 Å². The Morgan fingerprint density at radius 2 is 1.95 bits per heavy atom. The second kappa shape index (κ2) is 5.47. The van der Waals surface area contributed by atoms with E-state index < -0.39 is 0 Å². The molecule has 3 rings (SSSR count). The number of hydrogen-bond donors (Lipinski definition) is 1. The number of nitrogens with zero attached hydrogens (tertiary/aromatic N) is 2. The van der Waals surface area contributed by atoms with Gasteiger partial charge in [-0.15, -0.1) is 0 Å². The molecule has 102 valence electrons. The molecule has 4 nitrogen and oxygen atoms in total. The van der Waals surface area contributed by atoms with E-state index in [4.69, 9.17) is 11.6 Å². The molecule has 1 aromatic heterocycles. The summed E-state index contributed by atoms with van der Waals surface area (Å²) in [5, 5.41) is 4.01. The van der Waals surface area contributed by atoms with Crippen LogP contribution in [0.4, 0.5) is 0 Å². The number of fused-ring (bicyclic) bond motifs is 1. The Kier molecular flexibility index (Phi) is 3.71. The maximum atomic E-state index is 12.4. The molecule has 0 unspecified atom stereocenters. The summed E-state index contributed by atoms with van der Waals surface area (Å²) in [6.45, 7) is 3.88. The van der Waals surface area contributed by atoms with E-state index in [1.807, 2.05) is 4.90 Å². The fraction of sp³-hybridized carbons (Fsp3) is 0.571. The number of pyridine rings is 1. The summed E-state index contributed by atoms with van der Waals surface area (Å²) in [6, 6.07) is 3.43. The molecule has 2 fully saturated rings. The summed E-state index contributed by atoms with van der Waals surface area (Å²) >= 11 is 5.80. The van der Waals surface area contributed by atoms with E-state index in [2.05, 4.69) is 10.3 Å². The average Bonchev–Trinajstić information content (AvgIpc) is 2.78. The molecule has 0 aromatic carbocycles. The van der Waals surface area contributed by atoms with Gasteiger partial charge in [0.05, 0.1) is 5.02 Å². The van der Waals surface area contributed by atoms with Crippen molar-refractivity contribution in [3.63, 3.8) is 0 Å². The third-order valence-corrected chi connectivity index (χ3v) is 4.48. The number of rotatable bonds is 1. The molecule has 0 bridgehead atoms. The fourth-order valence-electron chi connectivity index (χ4n) is 3.09. The van der Waals surface area contributed by atoms with E-state index in [-0.39, 0.29) is 5.91 Å². The van der Waals surface area contributed by atoms with Crippen LogP contribution in [0, 0.1) is 11.8 Å². The lowest BCUT2D eigenvalue weighted by Crippen LogP contribution is -2.33. The molecule has 2 atom stereocenters. The van der Waals surface area contributed by atoms with Gasteiger partial charge in [0.15, 0.2) is 0 Å². The zero-order valence-corrected chi connectivity index (χ0v) is 11.6. The van der Waals surface area contributed by atoms with E-state index in [9.17, 15) is 4.79 Å². The van der Waals surface area contributed by atoms with E-state index in [0.29, 0.717) is 10.7 Å². The molecule has 3 heterocycles. The molecular weight excluding hydrogens is 262 g/mol. The molecule has 2 aliphatic heterocycles. The predicted octanol–water partition coefficient (Wildman–Crippen LogP) is 1.81. The SMILES string of the molecule is O=C(c1ccc(Cl)cn1)N1CC[C@@H]2CNC[C@@H]2CC1. The minimum atomic E-state index is 0.0320. The van der Waals surface area contributed by atoms with Crippen LogP contribution in [-0.2, 0) is 0 Å². The van der Waals surface area contributed by atoms with Crippen LogP contribution < -0.4 is 5.32 Å². The molecule has 1 N–H and O–H groups in total. The number of halogens is 1. The van der Waals surface area contributed by atoms with Crippen LogP contribution in [-0.4, -0.2) is 42.0 Å². The first-order valence-corrected chi connectivity index (χ1v) is 7.23.